The average molecular weight is 980 g/mol. The largest absolute Gasteiger partial charge is 0.462 e. The Bertz CT molecular complexity index is 1260. The van der Waals surface area contributed by atoms with Crippen molar-refractivity contribution < 1.29 is 28.6 Å². The Balaban J connectivity index is 4.34. The molecule has 406 valence electrons. The van der Waals surface area contributed by atoms with Gasteiger partial charge in [0.25, 0.3) is 0 Å². The molecule has 0 N–H and O–H groups in total. The first-order valence-electron chi connectivity index (χ1n) is 30.3. The molecule has 0 saturated heterocycles. The number of hydrogen-bond acceptors (Lipinski definition) is 6. The van der Waals surface area contributed by atoms with Crippen molar-refractivity contribution in [1.29, 1.82) is 0 Å². The van der Waals surface area contributed by atoms with Crippen LogP contribution in [0.5, 0.6) is 0 Å². The first kappa shape index (κ1) is 67.1. The maximum Gasteiger partial charge on any atom is 0.306 e. The number of carbonyl (C=O) groups is 3. The summed E-state index contributed by atoms with van der Waals surface area (Å²) < 4.78 is 16.9. The fraction of sp³-hybridized carbons (Fsp3) is 0.797. The molecule has 0 bridgehead atoms. The molecule has 0 aliphatic rings. The van der Waals surface area contributed by atoms with E-state index in [-0.39, 0.29) is 31.1 Å². The van der Waals surface area contributed by atoms with E-state index in [1.165, 1.54) is 161 Å². The summed E-state index contributed by atoms with van der Waals surface area (Å²) in [6.07, 6.45) is 73.6. The smallest absolute Gasteiger partial charge is 0.306 e. The highest BCUT2D eigenvalue weighted by atomic mass is 16.6. The van der Waals surface area contributed by atoms with E-state index in [0.29, 0.717) is 19.3 Å². The Morgan fingerprint density at radius 1 is 0.300 bits per heavy atom. The number of esters is 3. The molecule has 0 amide bonds. The number of carbonyl (C=O) groups excluding carboxylic acids is 3. The predicted molar refractivity (Wildman–Crippen MR) is 302 cm³/mol. The Morgan fingerprint density at radius 2 is 0.557 bits per heavy atom. The molecule has 0 fully saturated rings. The van der Waals surface area contributed by atoms with E-state index in [9.17, 15) is 14.4 Å². The van der Waals surface area contributed by atoms with Crippen LogP contribution in [0.3, 0.4) is 0 Å². The summed E-state index contributed by atoms with van der Waals surface area (Å²) in [6.45, 7) is 6.55. The van der Waals surface area contributed by atoms with Crippen molar-refractivity contribution in [2.75, 3.05) is 13.2 Å². The van der Waals surface area contributed by atoms with Crippen molar-refractivity contribution in [3.05, 3.63) is 60.8 Å². The standard InChI is InChI=1S/C64H114O6/c1-4-7-10-13-16-19-22-25-27-29-31-32-34-35-37-39-42-45-48-51-54-57-63(66)69-60-61(59-68-62(65)56-53-50-47-44-41-24-21-18-15-12-9-6-3)70-64(67)58-55-52-49-46-43-40-38-36-33-30-28-26-23-20-17-14-11-8-5-2/h7,10,16,19,25,27,31-32,35,37,61H,4-6,8-9,11-15,17-18,20-24,26,28-30,33-34,36,38-60H2,1-3H3/b10-7-,19-16-,27-25-,32-31-,37-35-. The second-order valence-electron chi connectivity index (χ2n) is 20.2. The van der Waals surface area contributed by atoms with Crippen LogP contribution in [0.15, 0.2) is 60.8 Å². The molecule has 0 heterocycles. The van der Waals surface area contributed by atoms with Crippen LogP contribution in [0.25, 0.3) is 0 Å². The van der Waals surface area contributed by atoms with Gasteiger partial charge >= 0.3 is 17.9 Å². The molecule has 0 aromatic rings. The maximum absolute atomic E-state index is 12.9. The zero-order chi connectivity index (χ0) is 50.7. The van der Waals surface area contributed by atoms with Crippen molar-refractivity contribution >= 4 is 17.9 Å². The van der Waals surface area contributed by atoms with Crippen molar-refractivity contribution in [1.82, 2.24) is 0 Å². The molecule has 6 heteroatoms. The van der Waals surface area contributed by atoms with Crippen LogP contribution >= 0.6 is 0 Å². The fourth-order valence-corrected chi connectivity index (χ4v) is 8.77. The number of unbranched alkanes of at least 4 members (excludes halogenated alkanes) is 34. The second-order valence-corrected chi connectivity index (χ2v) is 20.2. The minimum atomic E-state index is -0.779. The zero-order valence-electron chi connectivity index (χ0n) is 46.5. The van der Waals surface area contributed by atoms with Gasteiger partial charge in [0.1, 0.15) is 13.2 Å². The van der Waals surface area contributed by atoms with Crippen LogP contribution in [-0.2, 0) is 28.6 Å². The Labute approximate surface area is 434 Å². The van der Waals surface area contributed by atoms with Gasteiger partial charge in [-0.25, -0.2) is 0 Å². The molecule has 0 aromatic heterocycles. The number of allylic oxidation sites excluding steroid dienone is 10. The van der Waals surface area contributed by atoms with Gasteiger partial charge in [-0.15, -0.1) is 0 Å². The third-order valence-corrected chi connectivity index (χ3v) is 13.3. The minimum Gasteiger partial charge on any atom is -0.462 e. The molecule has 70 heavy (non-hydrogen) atoms. The second kappa shape index (κ2) is 58.7. The molecule has 0 aliphatic carbocycles. The number of rotatable bonds is 55. The summed E-state index contributed by atoms with van der Waals surface area (Å²) in [5.74, 6) is -0.879. The molecule has 1 unspecified atom stereocenters. The first-order valence-corrected chi connectivity index (χ1v) is 30.3. The van der Waals surface area contributed by atoms with Crippen molar-refractivity contribution in [3.8, 4) is 0 Å². The lowest BCUT2D eigenvalue weighted by atomic mass is 10.0. The van der Waals surface area contributed by atoms with E-state index in [4.69, 9.17) is 14.2 Å². The van der Waals surface area contributed by atoms with Gasteiger partial charge in [0.05, 0.1) is 0 Å². The van der Waals surface area contributed by atoms with Gasteiger partial charge in [-0.2, -0.15) is 0 Å². The van der Waals surface area contributed by atoms with E-state index >= 15 is 0 Å². The van der Waals surface area contributed by atoms with E-state index < -0.39 is 6.10 Å². The SMILES string of the molecule is CC/C=C\C/C=C\C/C=C\C/C=C\C/C=C\CCCCCCCC(=O)OCC(COC(=O)CCCCCCCCCCCCCC)OC(=O)CCCCCCCCCCCCCCCCCCCCC. The fourth-order valence-electron chi connectivity index (χ4n) is 8.77. The summed E-state index contributed by atoms with van der Waals surface area (Å²) in [5.41, 5.74) is 0. The van der Waals surface area contributed by atoms with Gasteiger partial charge in [-0.3, -0.25) is 14.4 Å². The van der Waals surface area contributed by atoms with Crippen LogP contribution in [0.4, 0.5) is 0 Å². The van der Waals surface area contributed by atoms with Crippen LogP contribution in [-0.4, -0.2) is 37.2 Å². The van der Waals surface area contributed by atoms with Crippen LogP contribution in [0.1, 0.15) is 310 Å². The van der Waals surface area contributed by atoms with Gasteiger partial charge in [0, 0.05) is 19.3 Å². The highest BCUT2D eigenvalue weighted by Crippen LogP contribution is 2.17. The third-order valence-electron chi connectivity index (χ3n) is 13.3. The number of hydrogen-bond donors (Lipinski definition) is 0. The molecular weight excluding hydrogens is 865 g/mol. The Kier molecular flexibility index (Phi) is 56.3. The first-order chi connectivity index (χ1) is 34.5. The zero-order valence-corrected chi connectivity index (χ0v) is 46.5. The monoisotopic (exact) mass is 979 g/mol. The molecule has 0 rings (SSSR count). The van der Waals surface area contributed by atoms with E-state index in [1.54, 1.807) is 0 Å². The van der Waals surface area contributed by atoms with Crippen LogP contribution < -0.4 is 0 Å². The van der Waals surface area contributed by atoms with Gasteiger partial charge in [-0.1, -0.05) is 287 Å². The predicted octanol–water partition coefficient (Wildman–Crippen LogP) is 20.4. The normalized spacial score (nSPS) is 12.4. The lowest BCUT2D eigenvalue weighted by Crippen LogP contribution is -2.30. The maximum atomic E-state index is 12.9. The van der Waals surface area contributed by atoms with E-state index in [2.05, 4.69) is 81.5 Å². The van der Waals surface area contributed by atoms with Gasteiger partial charge < -0.3 is 14.2 Å². The molecule has 0 saturated carbocycles. The van der Waals surface area contributed by atoms with Crippen molar-refractivity contribution in [3.63, 3.8) is 0 Å². The minimum absolute atomic E-state index is 0.0762. The summed E-state index contributed by atoms with van der Waals surface area (Å²) in [6, 6.07) is 0. The molecule has 0 radical (unpaired) electrons. The molecular formula is C64H114O6. The molecule has 0 aromatic carbocycles. The molecule has 0 spiro atoms. The molecule has 0 aliphatic heterocycles. The highest BCUT2D eigenvalue weighted by Gasteiger charge is 2.19. The quantitative estimate of drug-likeness (QED) is 0.0261. The summed E-state index contributed by atoms with van der Waals surface area (Å²) in [7, 11) is 0. The Morgan fingerprint density at radius 3 is 0.871 bits per heavy atom. The van der Waals surface area contributed by atoms with Gasteiger partial charge in [0.2, 0.25) is 0 Å². The summed E-state index contributed by atoms with van der Waals surface area (Å²) in [5, 5.41) is 0. The lowest BCUT2D eigenvalue weighted by molar-refractivity contribution is -0.167. The summed E-state index contributed by atoms with van der Waals surface area (Å²) >= 11 is 0. The highest BCUT2D eigenvalue weighted by molar-refractivity contribution is 5.71. The van der Waals surface area contributed by atoms with Gasteiger partial charge in [-0.05, 0) is 64.2 Å². The van der Waals surface area contributed by atoms with E-state index in [0.717, 1.165) is 109 Å². The molecule has 6 nitrogen and oxygen atoms in total. The van der Waals surface area contributed by atoms with Crippen LogP contribution in [0.2, 0.25) is 0 Å². The van der Waals surface area contributed by atoms with Gasteiger partial charge in [0.15, 0.2) is 6.10 Å². The van der Waals surface area contributed by atoms with Crippen molar-refractivity contribution in [2.45, 2.75) is 316 Å². The molecule has 1 atom stereocenters. The number of ether oxygens (including phenoxy) is 3. The third kappa shape index (κ3) is 56.0. The van der Waals surface area contributed by atoms with Crippen LogP contribution in [0, 0.1) is 0 Å². The average Bonchev–Trinajstić information content (AvgIpc) is 3.36. The van der Waals surface area contributed by atoms with E-state index in [1.807, 2.05) is 0 Å². The Hall–Kier alpha value is -2.89. The lowest BCUT2D eigenvalue weighted by Gasteiger charge is -2.18. The summed E-state index contributed by atoms with van der Waals surface area (Å²) in [4.78, 5) is 38.2. The topological polar surface area (TPSA) is 78.9 Å². The van der Waals surface area contributed by atoms with Crippen molar-refractivity contribution in [2.24, 2.45) is 0 Å².